The summed E-state index contributed by atoms with van der Waals surface area (Å²) in [5.74, 6) is 0.521. The molecule has 1 aliphatic heterocycles. The molecule has 1 aromatic carbocycles. The molecule has 0 aliphatic carbocycles. The molecule has 224 valence electrons. The van der Waals surface area contributed by atoms with E-state index in [-0.39, 0.29) is 12.1 Å². The summed E-state index contributed by atoms with van der Waals surface area (Å²) in [7, 11) is 0. The molecule has 1 aliphatic rings. The quantitative estimate of drug-likeness (QED) is 0.144. The van der Waals surface area contributed by atoms with Crippen LogP contribution in [0.2, 0.25) is 0 Å². The first-order valence-electron chi connectivity index (χ1n) is 16.3. The summed E-state index contributed by atoms with van der Waals surface area (Å²) in [5, 5.41) is 0. The minimum atomic E-state index is -0.332. The van der Waals surface area contributed by atoms with Crippen LogP contribution in [-0.2, 0) is 15.9 Å². The summed E-state index contributed by atoms with van der Waals surface area (Å²) >= 11 is 0. The summed E-state index contributed by atoms with van der Waals surface area (Å²) in [6.45, 7) is 6.66. The van der Waals surface area contributed by atoms with Crippen LogP contribution in [0.25, 0.3) is 11.3 Å². The van der Waals surface area contributed by atoms with Gasteiger partial charge < -0.3 is 14.2 Å². The third kappa shape index (κ3) is 12.7. The average molecular weight is 556 g/mol. The van der Waals surface area contributed by atoms with Gasteiger partial charge in [0.05, 0.1) is 25.5 Å². The van der Waals surface area contributed by atoms with E-state index in [1.807, 2.05) is 18.3 Å². The van der Waals surface area contributed by atoms with E-state index in [0.29, 0.717) is 18.3 Å². The van der Waals surface area contributed by atoms with Gasteiger partial charge in [0, 0.05) is 24.1 Å². The largest absolute Gasteiger partial charge is 0.491 e. The van der Waals surface area contributed by atoms with Crippen molar-refractivity contribution in [2.24, 2.45) is 5.92 Å². The van der Waals surface area contributed by atoms with Gasteiger partial charge in [-0.25, -0.2) is 4.39 Å². The number of nitrogens with zero attached hydrogens (tertiary/aromatic N) is 1. The summed E-state index contributed by atoms with van der Waals surface area (Å²) < 4.78 is 32.3. The van der Waals surface area contributed by atoms with Crippen molar-refractivity contribution >= 4 is 0 Å². The normalized spacial score (nSPS) is 17.3. The van der Waals surface area contributed by atoms with E-state index < -0.39 is 0 Å². The van der Waals surface area contributed by atoms with Gasteiger partial charge in [0.2, 0.25) is 0 Å². The smallest absolute Gasteiger partial charge is 0.165 e. The number of unbranched alkanes of at least 4 members (excludes halogenated alkanes) is 12. The van der Waals surface area contributed by atoms with Crippen molar-refractivity contribution in [3.63, 3.8) is 0 Å². The molecule has 3 rings (SSSR count). The van der Waals surface area contributed by atoms with Crippen molar-refractivity contribution in [2.45, 2.75) is 129 Å². The lowest BCUT2D eigenvalue weighted by Gasteiger charge is -2.29. The molecule has 0 radical (unpaired) electrons. The molecule has 1 aromatic heterocycles. The maximum atomic E-state index is 14.6. The number of ether oxygens (including phenoxy) is 3. The number of hydrogen-bond acceptors (Lipinski definition) is 4. The highest BCUT2D eigenvalue weighted by atomic mass is 19.1. The second kappa shape index (κ2) is 20.0. The highest BCUT2D eigenvalue weighted by Crippen LogP contribution is 2.26. The Hall–Kier alpha value is -1.98. The Morgan fingerprint density at radius 3 is 2.05 bits per heavy atom. The van der Waals surface area contributed by atoms with E-state index in [4.69, 9.17) is 14.2 Å². The molecular weight excluding hydrogens is 501 g/mol. The first kappa shape index (κ1) is 32.5. The minimum Gasteiger partial charge on any atom is -0.491 e. The second-order valence-electron chi connectivity index (χ2n) is 11.6. The Kier molecular flexibility index (Phi) is 16.3. The summed E-state index contributed by atoms with van der Waals surface area (Å²) in [5.41, 5.74) is 2.66. The molecule has 1 fully saturated rings. The van der Waals surface area contributed by atoms with E-state index >= 15 is 0 Å². The highest BCUT2D eigenvalue weighted by molar-refractivity contribution is 5.60. The molecule has 0 amide bonds. The fourth-order valence-corrected chi connectivity index (χ4v) is 5.35. The van der Waals surface area contributed by atoms with E-state index in [2.05, 4.69) is 24.9 Å². The molecule has 4 nitrogen and oxygen atoms in total. The van der Waals surface area contributed by atoms with Crippen LogP contribution in [0.15, 0.2) is 36.5 Å². The molecule has 0 saturated carbocycles. The summed E-state index contributed by atoms with van der Waals surface area (Å²) in [6.07, 6.45) is 22.6. The highest BCUT2D eigenvalue weighted by Gasteiger charge is 2.21. The number of halogens is 1. The second-order valence-corrected chi connectivity index (χ2v) is 11.6. The summed E-state index contributed by atoms with van der Waals surface area (Å²) in [6, 6.07) is 9.15. The molecule has 0 N–H and O–H groups in total. The van der Waals surface area contributed by atoms with E-state index in [9.17, 15) is 4.39 Å². The number of aryl methyl sites for hydroxylation is 1. The monoisotopic (exact) mass is 555 g/mol. The zero-order valence-corrected chi connectivity index (χ0v) is 25.3. The first-order chi connectivity index (χ1) is 19.7. The zero-order valence-electron chi connectivity index (χ0n) is 25.3. The van der Waals surface area contributed by atoms with Crippen LogP contribution in [0.4, 0.5) is 4.39 Å². The predicted molar refractivity (Wildman–Crippen MR) is 163 cm³/mol. The maximum Gasteiger partial charge on any atom is 0.165 e. The van der Waals surface area contributed by atoms with E-state index in [1.54, 1.807) is 6.07 Å². The standard InChI is InChI=1S/C35H54FNO3/c1-3-5-7-9-11-12-13-15-17-30-27-39-35(40-28-30)23-19-29-18-21-33(37-26-29)31-20-22-34(32(36)25-31)38-24-16-14-10-8-6-4-2/h18,20-22,25-26,30,35H,3-17,19,23-24,27-28H2,1-2H3. The molecule has 5 heteroatoms. The Morgan fingerprint density at radius 1 is 0.775 bits per heavy atom. The molecule has 2 heterocycles. The number of hydrogen-bond donors (Lipinski definition) is 0. The minimum absolute atomic E-state index is 0.132. The number of rotatable bonds is 21. The zero-order chi connectivity index (χ0) is 28.3. The van der Waals surface area contributed by atoms with Crippen LogP contribution in [-0.4, -0.2) is 31.1 Å². The SMILES string of the molecule is CCCCCCCCCCC1COC(CCc2ccc(-c3ccc(OCCCCCCCC)c(F)c3)nc2)OC1. The van der Waals surface area contributed by atoms with Crippen molar-refractivity contribution in [3.05, 3.63) is 47.9 Å². The van der Waals surface area contributed by atoms with Gasteiger partial charge in [0.25, 0.3) is 0 Å². The lowest BCUT2D eigenvalue weighted by atomic mass is 10.0. The fourth-order valence-electron chi connectivity index (χ4n) is 5.35. The van der Waals surface area contributed by atoms with E-state index in [1.165, 1.54) is 89.5 Å². The number of pyridine rings is 1. The van der Waals surface area contributed by atoms with Crippen molar-refractivity contribution < 1.29 is 18.6 Å². The van der Waals surface area contributed by atoms with Gasteiger partial charge in [-0.05, 0) is 49.1 Å². The van der Waals surface area contributed by atoms with Gasteiger partial charge in [-0.15, -0.1) is 0 Å². The molecule has 0 spiro atoms. The van der Waals surface area contributed by atoms with Gasteiger partial charge in [0.1, 0.15) is 0 Å². The van der Waals surface area contributed by atoms with Crippen molar-refractivity contribution in [2.75, 3.05) is 19.8 Å². The van der Waals surface area contributed by atoms with Gasteiger partial charge in [0.15, 0.2) is 17.9 Å². The lowest BCUT2D eigenvalue weighted by Crippen LogP contribution is -2.32. The van der Waals surface area contributed by atoms with Gasteiger partial charge >= 0.3 is 0 Å². The predicted octanol–water partition coefficient (Wildman–Crippen LogP) is 10.1. The average Bonchev–Trinajstić information content (AvgIpc) is 2.98. The van der Waals surface area contributed by atoms with Crippen molar-refractivity contribution in [1.82, 2.24) is 4.98 Å². The van der Waals surface area contributed by atoms with Crippen LogP contribution in [0, 0.1) is 11.7 Å². The van der Waals surface area contributed by atoms with E-state index in [0.717, 1.165) is 55.7 Å². The van der Waals surface area contributed by atoms with Crippen LogP contribution < -0.4 is 4.74 Å². The van der Waals surface area contributed by atoms with Crippen molar-refractivity contribution in [1.29, 1.82) is 0 Å². The summed E-state index contributed by atoms with van der Waals surface area (Å²) in [4.78, 5) is 4.59. The van der Waals surface area contributed by atoms with Crippen LogP contribution in [0.5, 0.6) is 5.75 Å². The third-order valence-corrected chi connectivity index (χ3v) is 7.98. The topological polar surface area (TPSA) is 40.6 Å². The molecule has 2 aromatic rings. The number of benzene rings is 1. The van der Waals surface area contributed by atoms with Crippen LogP contribution >= 0.6 is 0 Å². The first-order valence-corrected chi connectivity index (χ1v) is 16.3. The van der Waals surface area contributed by atoms with Crippen molar-refractivity contribution in [3.8, 4) is 17.0 Å². The molecule has 40 heavy (non-hydrogen) atoms. The Bertz CT molecular complexity index is 911. The Morgan fingerprint density at radius 2 is 1.43 bits per heavy atom. The molecular formula is C35H54FNO3. The molecule has 0 atom stereocenters. The third-order valence-electron chi connectivity index (χ3n) is 7.98. The molecule has 0 unspecified atom stereocenters. The maximum absolute atomic E-state index is 14.6. The Labute approximate surface area is 243 Å². The van der Waals surface area contributed by atoms with Crippen LogP contribution in [0.1, 0.15) is 122 Å². The van der Waals surface area contributed by atoms with Gasteiger partial charge in [-0.3, -0.25) is 4.98 Å². The molecule has 0 bridgehead atoms. The van der Waals surface area contributed by atoms with Gasteiger partial charge in [-0.1, -0.05) is 103 Å². The van der Waals surface area contributed by atoms with Crippen LogP contribution in [0.3, 0.4) is 0 Å². The molecule has 1 saturated heterocycles. The number of aromatic nitrogens is 1. The Balaban J connectivity index is 1.29. The fraction of sp³-hybridized carbons (Fsp3) is 0.686. The lowest BCUT2D eigenvalue weighted by molar-refractivity contribution is -0.203. The van der Waals surface area contributed by atoms with Gasteiger partial charge in [-0.2, -0.15) is 0 Å².